The smallest absolute Gasteiger partial charge is 0.356 e. The maximum absolute atomic E-state index is 13.9. The SMILES string of the molecule is O=C(O)c1nc(-c2cc(F)ccc2F)n2c1COCCC2. The van der Waals surface area contributed by atoms with Crippen LogP contribution in [0.25, 0.3) is 11.4 Å². The van der Waals surface area contributed by atoms with Gasteiger partial charge in [-0.1, -0.05) is 0 Å². The molecule has 0 unspecified atom stereocenters. The Morgan fingerprint density at radius 2 is 2.19 bits per heavy atom. The minimum absolute atomic E-state index is 0.0503. The van der Waals surface area contributed by atoms with E-state index in [4.69, 9.17) is 4.74 Å². The quantitative estimate of drug-likeness (QED) is 0.924. The number of nitrogens with zero attached hydrogens (tertiary/aromatic N) is 2. The zero-order chi connectivity index (χ0) is 15.0. The average Bonchev–Trinajstić information content (AvgIpc) is 2.64. The van der Waals surface area contributed by atoms with E-state index in [9.17, 15) is 18.7 Å². The molecule has 21 heavy (non-hydrogen) atoms. The van der Waals surface area contributed by atoms with Gasteiger partial charge in [-0.15, -0.1) is 0 Å². The molecule has 0 spiro atoms. The summed E-state index contributed by atoms with van der Waals surface area (Å²) in [6, 6.07) is 3.02. The van der Waals surface area contributed by atoms with Gasteiger partial charge in [-0.2, -0.15) is 0 Å². The van der Waals surface area contributed by atoms with E-state index in [2.05, 4.69) is 4.98 Å². The third kappa shape index (κ3) is 2.40. The van der Waals surface area contributed by atoms with Crippen LogP contribution in [0.5, 0.6) is 0 Å². The molecule has 0 atom stereocenters. The van der Waals surface area contributed by atoms with Gasteiger partial charge >= 0.3 is 5.97 Å². The summed E-state index contributed by atoms with van der Waals surface area (Å²) in [5.74, 6) is -2.35. The zero-order valence-electron chi connectivity index (χ0n) is 11.0. The minimum atomic E-state index is -1.22. The van der Waals surface area contributed by atoms with Crippen LogP contribution in [-0.2, 0) is 17.9 Å². The van der Waals surface area contributed by atoms with Crippen molar-refractivity contribution in [1.29, 1.82) is 0 Å². The monoisotopic (exact) mass is 294 g/mol. The molecule has 110 valence electrons. The third-order valence-electron chi connectivity index (χ3n) is 3.35. The normalized spacial score (nSPS) is 14.6. The Bertz CT molecular complexity index is 712. The molecule has 0 radical (unpaired) electrons. The summed E-state index contributed by atoms with van der Waals surface area (Å²) >= 11 is 0. The number of halogens is 2. The Hall–Kier alpha value is -2.28. The van der Waals surface area contributed by atoms with Gasteiger partial charge in [0.1, 0.15) is 17.5 Å². The molecule has 0 bridgehead atoms. The van der Waals surface area contributed by atoms with Crippen molar-refractivity contribution in [1.82, 2.24) is 9.55 Å². The number of ether oxygens (including phenoxy) is 1. The van der Waals surface area contributed by atoms with E-state index in [1.54, 1.807) is 4.57 Å². The standard InChI is InChI=1S/C14H12F2N2O3/c15-8-2-3-10(16)9(6-8)13-17-12(14(19)20)11-7-21-5-1-4-18(11)13/h2-3,6H,1,4-5,7H2,(H,19,20). The first-order valence-corrected chi connectivity index (χ1v) is 6.44. The van der Waals surface area contributed by atoms with Gasteiger partial charge in [-0.25, -0.2) is 18.6 Å². The molecule has 5 nitrogen and oxygen atoms in total. The fraction of sp³-hybridized carbons (Fsp3) is 0.286. The summed E-state index contributed by atoms with van der Waals surface area (Å²) in [7, 11) is 0. The van der Waals surface area contributed by atoms with E-state index < -0.39 is 17.6 Å². The van der Waals surface area contributed by atoms with E-state index >= 15 is 0 Å². The Morgan fingerprint density at radius 3 is 2.95 bits per heavy atom. The van der Waals surface area contributed by atoms with Crippen molar-refractivity contribution >= 4 is 5.97 Å². The van der Waals surface area contributed by atoms with Crippen molar-refractivity contribution in [2.24, 2.45) is 0 Å². The van der Waals surface area contributed by atoms with Crippen molar-refractivity contribution in [3.05, 3.63) is 41.2 Å². The van der Waals surface area contributed by atoms with E-state index in [-0.39, 0.29) is 23.7 Å². The summed E-state index contributed by atoms with van der Waals surface area (Å²) in [6.07, 6.45) is 0.645. The lowest BCUT2D eigenvalue weighted by molar-refractivity contribution is 0.0682. The molecule has 0 saturated carbocycles. The van der Waals surface area contributed by atoms with E-state index in [0.717, 1.165) is 18.2 Å². The van der Waals surface area contributed by atoms with Gasteiger partial charge in [0.15, 0.2) is 5.69 Å². The second-order valence-corrected chi connectivity index (χ2v) is 4.72. The molecule has 1 aliphatic rings. The highest BCUT2D eigenvalue weighted by Crippen LogP contribution is 2.28. The number of carboxylic acid groups (broad SMARTS) is 1. The van der Waals surface area contributed by atoms with Gasteiger partial charge in [0.05, 0.1) is 17.9 Å². The lowest BCUT2D eigenvalue weighted by Crippen LogP contribution is -2.06. The first-order valence-electron chi connectivity index (χ1n) is 6.44. The number of carboxylic acids is 1. The van der Waals surface area contributed by atoms with Gasteiger partial charge in [0.2, 0.25) is 0 Å². The highest BCUT2D eigenvalue weighted by atomic mass is 19.1. The predicted molar refractivity (Wildman–Crippen MR) is 68.8 cm³/mol. The first kappa shape index (κ1) is 13.7. The summed E-state index contributed by atoms with van der Waals surface area (Å²) in [5, 5.41) is 9.22. The summed E-state index contributed by atoms with van der Waals surface area (Å²) < 4.78 is 34.2. The lowest BCUT2D eigenvalue weighted by atomic mass is 10.2. The number of rotatable bonds is 2. The van der Waals surface area contributed by atoms with E-state index in [1.165, 1.54) is 0 Å². The van der Waals surface area contributed by atoms with Gasteiger partial charge in [-0.3, -0.25) is 0 Å². The number of hydrogen-bond acceptors (Lipinski definition) is 3. The van der Waals surface area contributed by atoms with Crippen LogP contribution in [0.4, 0.5) is 8.78 Å². The van der Waals surface area contributed by atoms with Crippen LogP contribution in [0.1, 0.15) is 22.6 Å². The molecule has 0 amide bonds. The van der Waals surface area contributed by atoms with Crippen molar-refractivity contribution in [3.63, 3.8) is 0 Å². The number of carbonyl (C=O) groups is 1. The highest BCUT2D eigenvalue weighted by Gasteiger charge is 2.25. The summed E-state index contributed by atoms with van der Waals surface area (Å²) in [5.41, 5.74) is 0.139. The Labute approximate surface area is 118 Å². The van der Waals surface area contributed by atoms with Crippen LogP contribution in [0.2, 0.25) is 0 Å². The molecule has 0 saturated heterocycles. The molecule has 2 aromatic rings. The van der Waals surface area contributed by atoms with Crippen LogP contribution < -0.4 is 0 Å². The van der Waals surface area contributed by atoms with Gasteiger partial charge in [0.25, 0.3) is 0 Å². The molecule has 7 heteroatoms. The Morgan fingerprint density at radius 1 is 1.38 bits per heavy atom. The number of fused-ring (bicyclic) bond motifs is 1. The maximum Gasteiger partial charge on any atom is 0.356 e. The number of hydrogen-bond donors (Lipinski definition) is 1. The fourth-order valence-corrected chi connectivity index (χ4v) is 2.41. The zero-order valence-corrected chi connectivity index (χ0v) is 11.0. The van der Waals surface area contributed by atoms with Crippen LogP contribution in [-0.4, -0.2) is 27.2 Å². The summed E-state index contributed by atoms with van der Waals surface area (Å²) in [4.78, 5) is 15.3. The van der Waals surface area contributed by atoms with Crippen molar-refractivity contribution in [2.45, 2.75) is 19.6 Å². The molecule has 1 aliphatic heterocycles. The molecule has 3 rings (SSSR count). The van der Waals surface area contributed by atoms with E-state index in [1.807, 2.05) is 0 Å². The lowest BCUT2D eigenvalue weighted by Gasteiger charge is -2.08. The van der Waals surface area contributed by atoms with Crippen LogP contribution >= 0.6 is 0 Å². The van der Waals surface area contributed by atoms with Crippen LogP contribution in [0.15, 0.2) is 18.2 Å². The molecule has 1 aromatic heterocycles. The van der Waals surface area contributed by atoms with Gasteiger partial charge in [0, 0.05) is 13.2 Å². The molecule has 0 fully saturated rings. The topological polar surface area (TPSA) is 64.3 Å². The van der Waals surface area contributed by atoms with Crippen molar-refractivity contribution < 1.29 is 23.4 Å². The first-order chi connectivity index (χ1) is 10.1. The maximum atomic E-state index is 13.9. The largest absolute Gasteiger partial charge is 0.476 e. The van der Waals surface area contributed by atoms with Crippen molar-refractivity contribution in [3.8, 4) is 11.4 Å². The highest BCUT2D eigenvalue weighted by molar-refractivity contribution is 5.88. The molecule has 2 heterocycles. The molecule has 0 aliphatic carbocycles. The Kier molecular flexibility index (Phi) is 3.42. The van der Waals surface area contributed by atoms with Crippen LogP contribution in [0, 0.1) is 11.6 Å². The minimum Gasteiger partial charge on any atom is -0.476 e. The molecular weight excluding hydrogens is 282 g/mol. The fourth-order valence-electron chi connectivity index (χ4n) is 2.41. The second kappa shape index (κ2) is 5.25. The molecule has 1 aromatic carbocycles. The van der Waals surface area contributed by atoms with Gasteiger partial charge < -0.3 is 14.4 Å². The third-order valence-corrected chi connectivity index (χ3v) is 3.35. The average molecular weight is 294 g/mol. The predicted octanol–water partition coefficient (Wildman–Crippen LogP) is 2.45. The second-order valence-electron chi connectivity index (χ2n) is 4.72. The molecule has 1 N–H and O–H groups in total. The summed E-state index contributed by atoms with van der Waals surface area (Å²) in [6.45, 7) is 1.01. The number of imidazole rings is 1. The number of benzene rings is 1. The van der Waals surface area contributed by atoms with Crippen molar-refractivity contribution in [2.75, 3.05) is 6.61 Å². The van der Waals surface area contributed by atoms with Gasteiger partial charge in [-0.05, 0) is 24.6 Å². The van der Waals surface area contributed by atoms with E-state index in [0.29, 0.717) is 25.3 Å². The molecular formula is C14H12F2N2O3. The Balaban J connectivity index is 2.23. The van der Waals surface area contributed by atoms with Crippen LogP contribution in [0.3, 0.4) is 0 Å². The number of aromatic carboxylic acids is 1. The number of aromatic nitrogens is 2.